The first kappa shape index (κ1) is 18.7. The number of halogens is 1. The highest BCUT2D eigenvalue weighted by Gasteiger charge is 2.13. The highest BCUT2D eigenvalue weighted by molar-refractivity contribution is 6.30. The minimum atomic E-state index is -0.226. The highest BCUT2D eigenvalue weighted by atomic mass is 35.5. The Morgan fingerprint density at radius 2 is 2.07 bits per heavy atom. The van der Waals surface area contributed by atoms with E-state index < -0.39 is 0 Å². The van der Waals surface area contributed by atoms with Gasteiger partial charge in [-0.3, -0.25) is 9.48 Å². The number of nitrogens with zero attached hydrogens (tertiary/aromatic N) is 4. The number of rotatable bonds is 3. The SMILES string of the molecule is Cc1n[nH]c(=O)c2ccc(-c3cnn(C)c3C=C(C#N)c3cccc(Cl)c3)cc12. The first-order valence-electron chi connectivity index (χ1n) is 8.87. The molecule has 0 bridgehead atoms. The first-order chi connectivity index (χ1) is 14.0. The Balaban J connectivity index is 1.89. The normalized spacial score (nSPS) is 11.6. The van der Waals surface area contributed by atoms with E-state index in [-0.39, 0.29) is 5.56 Å². The number of H-pyrrole nitrogens is 1. The van der Waals surface area contributed by atoms with E-state index in [1.807, 2.05) is 38.2 Å². The summed E-state index contributed by atoms with van der Waals surface area (Å²) in [5.74, 6) is 0. The van der Waals surface area contributed by atoms with E-state index in [4.69, 9.17) is 11.6 Å². The Morgan fingerprint density at radius 1 is 1.24 bits per heavy atom. The summed E-state index contributed by atoms with van der Waals surface area (Å²) >= 11 is 6.08. The predicted octanol–water partition coefficient (Wildman–Crippen LogP) is 4.35. The summed E-state index contributed by atoms with van der Waals surface area (Å²) < 4.78 is 1.71. The van der Waals surface area contributed by atoms with Gasteiger partial charge in [0.25, 0.3) is 5.56 Å². The Kier molecular flexibility index (Phi) is 4.75. The van der Waals surface area contributed by atoms with Crippen molar-refractivity contribution in [2.75, 3.05) is 0 Å². The van der Waals surface area contributed by atoms with Crippen molar-refractivity contribution in [1.29, 1.82) is 5.26 Å². The topological polar surface area (TPSA) is 87.4 Å². The van der Waals surface area contributed by atoms with Crippen LogP contribution in [-0.2, 0) is 7.05 Å². The summed E-state index contributed by atoms with van der Waals surface area (Å²) in [4.78, 5) is 12.0. The van der Waals surface area contributed by atoms with Crippen LogP contribution < -0.4 is 5.56 Å². The number of aryl methyl sites for hydroxylation is 2. The van der Waals surface area contributed by atoms with Crippen molar-refractivity contribution in [3.63, 3.8) is 0 Å². The summed E-state index contributed by atoms with van der Waals surface area (Å²) in [5.41, 5.74) is 4.23. The van der Waals surface area contributed by atoms with Crippen LogP contribution in [-0.4, -0.2) is 20.0 Å². The fourth-order valence-corrected chi connectivity index (χ4v) is 3.47. The molecule has 0 atom stereocenters. The van der Waals surface area contributed by atoms with Crippen LogP contribution in [0.3, 0.4) is 0 Å². The molecule has 0 saturated heterocycles. The lowest BCUT2D eigenvalue weighted by Gasteiger charge is -2.07. The van der Waals surface area contributed by atoms with E-state index in [1.165, 1.54) is 0 Å². The smallest absolute Gasteiger partial charge is 0.268 e. The molecule has 0 fully saturated rings. The average Bonchev–Trinajstić information content (AvgIpc) is 3.09. The number of nitriles is 1. The van der Waals surface area contributed by atoms with Gasteiger partial charge in [0, 0.05) is 23.0 Å². The van der Waals surface area contributed by atoms with Crippen molar-refractivity contribution in [2.45, 2.75) is 6.92 Å². The van der Waals surface area contributed by atoms with Crippen molar-refractivity contribution in [3.8, 4) is 17.2 Å². The van der Waals surface area contributed by atoms with Gasteiger partial charge in [-0.1, -0.05) is 29.8 Å². The number of hydrogen-bond donors (Lipinski definition) is 1. The third-order valence-corrected chi connectivity index (χ3v) is 5.05. The van der Waals surface area contributed by atoms with Crippen molar-refractivity contribution >= 4 is 34.0 Å². The molecule has 0 amide bonds. The van der Waals surface area contributed by atoms with Gasteiger partial charge in [0.05, 0.1) is 34.6 Å². The molecule has 0 aliphatic rings. The van der Waals surface area contributed by atoms with Gasteiger partial charge in [-0.15, -0.1) is 0 Å². The zero-order chi connectivity index (χ0) is 20.5. The monoisotopic (exact) mass is 401 g/mol. The van der Waals surface area contributed by atoms with Crippen LogP contribution in [0.4, 0.5) is 0 Å². The number of benzene rings is 2. The number of fused-ring (bicyclic) bond motifs is 1. The van der Waals surface area contributed by atoms with Crippen LogP contribution in [0.2, 0.25) is 5.02 Å². The van der Waals surface area contributed by atoms with Gasteiger partial charge in [0.1, 0.15) is 0 Å². The van der Waals surface area contributed by atoms with E-state index in [2.05, 4.69) is 21.4 Å². The molecule has 0 unspecified atom stereocenters. The van der Waals surface area contributed by atoms with Crippen LogP contribution in [0.25, 0.3) is 33.5 Å². The third-order valence-electron chi connectivity index (χ3n) is 4.81. The molecule has 4 rings (SSSR count). The fourth-order valence-electron chi connectivity index (χ4n) is 3.28. The van der Waals surface area contributed by atoms with Gasteiger partial charge < -0.3 is 0 Å². The van der Waals surface area contributed by atoms with Crippen molar-refractivity contribution < 1.29 is 0 Å². The molecule has 2 heterocycles. The minimum absolute atomic E-state index is 0.226. The molecule has 0 saturated carbocycles. The maximum atomic E-state index is 12.0. The van der Waals surface area contributed by atoms with Crippen LogP contribution >= 0.6 is 11.6 Å². The van der Waals surface area contributed by atoms with E-state index in [0.717, 1.165) is 33.5 Å². The molecule has 2 aromatic heterocycles. The molecular weight excluding hydrogens is 386 g/mol. The van der Waals surface area contributed by atoms with Gasteiger partial charge in [0.15, 0.2) is 0 Å². The molecule has 29 heavy (non-hydrogen) atoms. The molecule has 1 N–H and O–H groups in total. The maximum absolute atomic E-state index is 12.0. The van der Waals surface area contributed by atoms with Crippen molar-refractivity contribution in [3.05, 3.63) is 81.0 Å². The minimum Gasteiger partial charge on any atom is -0.268 e. The largest absolute Gasteiger partial charge is 0.272 e. The molecule has 2 aromatic carbocycles. The van der Waals surface area contributed by atoms with Gasteiger partial charge in [-0.2, -0.15) is 15.5 Å². The first-order valence-corrected chi connectivity index (χ1v) is 9.25. The second-order valence-corrected chi connectivity index (χ2v) is 7.08. The zero-order valence-corrected chi connectivity index (χ0v) is 16.5. The maximum Gasteiger partial charge on any atom is 0.272 e. The van der Waals surface area contributed by atoms with Gasteiger partial charge in [0.2, 0.25) is 0 Å². The average molecular weight is 402 g/mol. The summed E-state index contributed by atoms with van der Waals surface area (Å²) in [6.07, 6.45) is 3.54. The summed E-state index contributed by atoms with van der Waals surface area (Å²) in [6, 6.07) is 15.0. The van der Waals surface area contributed by atoms with Crippen molar-refractivity contribution in [2.24, 2.45) is 7.05 Å². The molecule has 4 aromatic rings. The standard InChI is InChI=1S/C22H16ClN5O/c1-13-19-9-15(6-7-18(19)22(29)27-26-13)20-12-25-28(2)21(20)10-16(11-24)14-4-3-5-17(23)8-14/h3-10,12H,1-2H3,(H,27,29). The third kappa shape index (κ3) is 3.44. The number of aromatic amines is 1. The Bertz CT molecular complexity index is 1370. The highest BCUT2D eigenvalue weighted by Crippen LogP contribution is 2.30. The Labute approximate surface area is 171 Å². The number of nitrogens with one attached hydrogen (secondary N) is 1. The molecular formula is C22H16ClN5O. The van der Waals surface area contributed by atoms with E-state index in [0.29, 0.717) is 16.0 Å². The lowest BCUT2D eigenvalue weighted by atomic mass is 9.99. The molecule has 6 nitrogen and oxygen atoms in total. The second-order valence-electron chi connectivity index (χ2n) is 6.65. The molecule has 142 valence electrons. The number of allylic oxidation sites excluding steroid dienone is 1. The lowest BCUT2D eigenvalue weighted by Crippen LogP contribution is -2.09. The Hall–Kier alpha value is -3.69. The summed E-state index contributed by atoms with van der Waals surface area (Å²) in [6.45, 7) is 1.85. The van der Waals surface area contributed by atoms with Crippen LogP contribution in [0.5, 0.6) is 0 Å². The summed E-state index contributed by atoms with van der Waals surface area (Å²) in [7, 11) is 1.82. The zero-order valence-electron chi connectivity index (χ0n) is 15.8. The lowest BCUT2D eigenvalue weighted by molar-refractivity contribution is 0.760. The Morgan fingerprint density at radius 3 is 2.83 bits per heavy atom. The quantitative estimate of drug-likeness (QED) is 0.517. The van der Waals surface area contributed by atoms with Gasteiger partial charge in [-0.05, 0) is 48.4 Å². The van der Waals surface area contributed by atoms with E-state index >= 15 is 0 Å². The van der Waals surface area contributed by atoms with Crippen LogP contribution in [0, 0.1) is 18.3 Å². The van der Waals surface area contributed by atoms with Crippen molar-refractivity contribution in [1.82, 2.24) is 20.0 Å². The second kappa shape index (κ2) is 7.38. The van der Waals surface area contributed by atoms with Crippen LogP contribution in [0.15, 0.2) is 53.5 Å². The molecule has 0 spiro atoms. The van der Waals surface area contributed by atoms with Gasteiger partial charge >= 0.3 is 0 Å². The summed E-state index contributed by atoms with van der Waals surface area (Å²) in [5, 5.41) is 22.5. The van der Waals surface area contributed by atoms with E-state index in [1.54, 1.807) is 35.2 Å². The molecule has 0 aliphatic heterocycles. The van der Waals surface area contributed by atoms with E-state index in [9.17, 15) is 10.1 Å². The van der Waals surface area contributed by atoms with Crippen LogP contribution in [0.1, 0.15) is 17.0 Å². The predicted molar refractivity (Wildman–Crippen MR) is 114 cm³/mol. The molecule has 0 aliphatic carbocycles. The number of aromatic nitrogens is 4. The fraction of sp³-hybridized carbons (Fsp3) is 0.0909. The molecule has 0 radical (unpaired) electrons. The molecule has 7 heteroatoms. The van der Waals surface area contributed by atoms with Gasteiger partial charge in [-0.25, -0.2) is 5.10 Å². The number of hydrogen-bond acceptors (Lipinski definition) is 4.